The third kappa shape index (κ3) is 6.32. The van der Waals surface area contributed by atoms with E-state index in [-0.39, 0.29) is 24.2 Å². The second kappa shape index (κ2) is 9.38. The molecule has 0 aromatic rings. The zero-order valence-electron chi connectivity index (χ0n) is 14.2. The van der Waals surface area contributed by atoms with Crippen molar-refractivity contribution in [1.29, 1.82) is 0 Å². The van der Waals surface area contributed by atoms with Crippen molar-refractivity contribution in [2.75, 3.05) is 26.3 Å². The number of carbonyl (C=O) groups is 1. The minimum Gasteiger partial charge on any atom is -0.465 e. The van der Waals surface area contributed by atoms with Crippen LogP contribution < -0.4 is 5.32 Å². The van der Waals surface area contributed by atoms with Gasteiger partial charge in [0.25, 0.3) is 0 Å². The molecule has 3 unspecified atom stereocenters. The maximum absolute atomic E-state index is 12.0. The molecule has 1 aliphatic heterocycles. The van der Waals surface area contributed by atoms with Crippen LogP contribution in [-0.4, -0.2) is 61.4 Å². The normalized spacial score (nSPS) is 25.0. The predicted molar refractivity (Wildman–Crippen MR) is 84.4 cm³/mol. The van der Waals surface area contributed by atoms with Gasteiger partial charge in [-0.3, -0.25) is 9.69 Å². The molecule has 1 aliphatic rings. The Labute approximate surface area is 129 Å². The van der Waals surface area contributed by atoms with E-state index < -0.39 is 0 Å². The van der Waals surface area contributed by atoms with Crippen LogP contribution in [0.15, 0.2) is 0 Å². The van der Waals surface area contributed by atoms with E-state index in [1.165, 1.54) is 0 Å². The van der Waals surface area contributed by atoms with Crippen LogP contribution in [-0.2, 0) is 14.3 Å². The number of hydrogen-bond donors (Lipinski definition) is 1. The van der Waals surface area contributed by atoms with Crippen LogP contribution in [0.3, 0.4) is 0 Å². The molecule has 1 saturated heterocycles. The van der Waals surface area contributed by atoms with E-state index >= 15 is 0 Å². The smallest absolute Gasteiger partial charge is 0.323 e. The summed E-state index contributed by atoms with van der Waals surface area (Å²) in [5.74, 6) is -0.138. The lowest BCUT2D eigenvalue weighted by atomic mass is 10.1. The lowest BCUT2D eigenvalue weighted by Crippen LogP contribution is -2.51. The fourth-order valence-electron chi connectivity index (χ4n) is 2.77. The van der Waals surface area contributed by atoms with Gasteiger partial charge < -0.3 is 14.8 Å². The molecule has 0 radical (unpaired) electrons. The summed E-state index contributed by atoms with van der Waals surface area (Å²) in [5.41, 5.74) is 0. The van der Waals surface area contributed by atoms with Crippen molar-refractivity contribution < 1.29 is 14.3 Å². The van der Waals surface area contributed by atoms with Gasteiger partial charge in [0.15, 0.2) is 0 Å². The number of nitrogens with zero attached hydrogens (tertiary/aromatic N) is 1. The molecule has 21 heavy (non-hydrogen) atoms. The minimum absolute atomic E-state index is 0.138. The van der Waals surface area contributed by atoms with Crippen molar-refractivity contribution in [3.8, 4) is 0 Å². The Balaban J connectivity index is 2.55. The fourth-order valence-corrected chi connectivity index (χ4v) is 2.77. The Morgan fingerprint density at radius 2 is 2.14 bits per heavy atom. The van der Waals surface area contributed by atoms with Crippen LogP contribution in [0.5, 0.6) is 0 Å². The van der Waals surface area contributed by atoms with E-state index in [4.69, 9.17) is 9.47 Å². The Morgan fingerprint density at radius 1 is 1.43 bits per heavy atom. The summed E-state index contributed by atoms with van der Waals surface area (Å²) in [6.07, 6.45) is 2.13. The van der Waals surface area contributed by atoms with E-state index in [0.717, 1.165) is 32.5 Å². The van der Waals surface area contributed by atoms with Crippen LogP contribution in [0.4, 0.5) is 0 Å². The Kier molecular flexibility index (Phi) is 8.22. The summed E-state index contributed by atoms with van der Waals surface area (Å²) in [6.45, 7) is 13.3. The Bertz CT molecular complexity index is 310. The van der Waals surface area contributed by atoms with Gasteiger partial charge in [-0.2, -0.15) is 0 Å². The number of morpholine rings is 1. The van der Waals surface area contributed by atoms with Gasteiger partial charge in [0.2, 0.25) is 0 Å². The van der Waals surface area contributed by atoms with Crippen LogP contribution in [0.2, 0.25) is 0 Å². The molecule has 0 saturated carbocycles. The quantitative estimate of drug-likeness (QED) is 0.693. The van der Waals surface area contributed by atoms with E-state index in [0.29, 0.717) is 12.6 Å². The third-order valence-corrected chi connectivity index (χ3v) is 3.86. The summed E-state index contributed by atoms with van der Waals surface area (Å²) < 4.78 is 10.9. The van der Waals surface area contributed by atoms with Crippen molar-refractivity contribution in [3.05, 3.63) is 0 Å². The summed E-state index contributed by atoms with van der Waals surface area (Å²) in [6, 6.07) is 0.508. The lowest BCUT2D eigenvalue weighted by Gasteiger charge is -2.38. The average molecular weight is 300 g/mol. The van der Waals surface area contributed by atoms with Gasteiger partial charge in [0.05, 0.1) is 19.3 Å². The van der Waals surface area contributed by atoms with Crippen molar-refractivity contribution in [3.63, 3.8) is 0 Å². The SMILES string of the molecule is CCOC(=O)C(CCN1CC(C)OCC1CC)NC(C)C. The highest BCUT2D eigenvalue weighted by molar-refractivity contribution is 5.75. The van der Waals surface area contributed by atoms with Crippen LogP contribution in [0.1, 0.15) is 47.5 Å². The Morgan fingerprint density at radius 3 is 2.71 bits per heavy atom. The van der Waals surface area contributed by atoms with E-state index in [1.807, 2.05) is 6.92 Å². The second-order valence-electron chi connectivity index (χ2n) is 6.12. The molecular weight excluding hydrogens is 268 g/mol. The first-order chi connectivity index (χ1) is 9.97. The summed E-state index contributed by atoms with van der Waals surface area (Å²) in [5, 5.41) is 3.32. The molecule has 0 spiro atoms. The summed E-state index contributed by atoms with van der Waals surface area (Å²) in [7, 11) is 0. The molecule has 1 N–H and O–H groups in total. The largest absolute Gasteiger partial charge is 0.465 e. The maximum Gasteiger partial charge on any atom is 0.323 e. The lowest BCUT2D eigenvalue weighted by molar-refractivity contribution is -0.146. The van der Waals surface area contributed by atoms with Gasteiger partial charge in [0, 0.05) is 25.2 Å². The fraction of sp³-hybridized carbons (Fsp3) is 0.938. The molecule has 0 amide bonds. The summed E-state index contributed by atoms with van der Waals surface area (Å²) in [4.78, 5) is 14.5. The number of hydrogen-bond acceptors (Lipinski definition) is 5. The first kappa shape index (κ1) is 18.4. The molecule has 0 aliphatic carbocycles. The number of ether oxygens (including phenoxy) is 2. The predicted octanol–water partition coefficient (Wildman–Crippen LogP) is 1.81. The first-order valence-electron chi connectivity index (χ1n) is 8.26. The molecule has 124 valence electrons. The van der Waals surface area contributed by atoms with E-state index in [1.54, 1.807) is 0 Å². The second-order valence-corrected chi connectivity index (χ2v) is 6.12. The zero-order chi connectivity index (χ0) is 15.8. The monoisotopic (exact) mass is 300 g/mol. The van der Waals surface area contributed by atoms with Crippen molar-refractivity contribution in [1.82, 2.24) is 10.2 Å². The van der Waals surface area contributed by atoms with E-state index in [9.17, 15) is 4.79 Å². The van der Waals surface area contributed by atoms with Crippen molar-refractivity contribution in [2.45, 2.75) is 71.7 Å². The number of carbonyl (C=O) groups excluding carboxylic acids is 1. The zero-order valence-corrected chi connectivity index (χ0v) is 14.2. The van der Waals surface area contributed by atoms with Gasteiger partial charge in [-0.25, -0.2) is 0 Å². The highest BCUT2D eigenvalue weighted by Gasteiger charge is 2.27. The number of esters is 1. The standard InChI is InChI=1S/C16H32N2O3/c1-6-14-11-21-13(5)10-18(14)9-8-15(17-12(3)4)16(19)20-7-2/h12-15,17H,6-11H2,1-5H3. The van der Waals surface area contributed by atoms with Crippen molar-refractivity contribution >= 4 is 5.97 Å². The molecule has 1 rings (SSSR count). The van der Waals surface area contributed by atoms with Gasteiger partial charge in [-0.15, -0.1) is 0 Å². The first-order valence-corrected chi connectivity index (χ1v) is 8.26. The minimum atomic E-state index is -0.222. The van der Waals surface area contributed by atoms with Crippen molar-refractivity contribution in [2.24, 2.45) is 0 Å². The highest BCUT2D eigenvalue weighted by atomic mass is 16.5. The van der Waals surface area contributed by atoms with Gasteiger partial charge in [-0.1, -0.05) is 20.8 Å². The van der Waals surface area contributed by atoms with Gasteiger partial charge in [-0.05, 0) is 26.7 Å². The topological polar surface area (TPSA) is 50.8 Å². The van der Waals surface area contributed by atoms with E-state index in [2.05, 4.69) is 37.9 Å². The number of nitrogens with one attached hydrogen (secondary N) is 1. The number of rotatable bonds is 8. The molecule has 0 aromatic carbocycles. The molecule has 0 bridgehead atoms. The Hall–Kier alpha value is -0.650. The molecule has 1 fully saturated rings. The molecule has 1 heterocycles. The maximum atomic E-state index is 12.0. The third-order valence-electron chi connectivity index (χ3n) is 3.86. The molecule has 3 atom stereocenters. The van der Waals surface area contributed by atoms with Gasteiger partial charge >= 0.3 is 5.97 Å². The van der Waals surface area contributed by atoms with Gasteiger partial charge in [0.1, 0.15) is 6.04 Å². The molecular formula is C16H32N2O3. The van der Waals surface area contributed by atoms with Crippen LogP contribution >= 0.6 is 0 Å². The summed E-state index contributed by atoms with van der Waals surface area (Å²) >= 11 is 0. The average Bonchev–Trinajstić information content (AvgIpc) is 2.43. The van der Waals surface area contributed by atoms with Crippen LogP contribution in [0.25, 0.3) is 0 Å². The molecule has 5 heteroatoms. The molecule has 0 aromatic heterocycles. The van der Waals surface area contributed by atoms with Crippen LogP contribution in [0, 0.1) is 0 Å². The highest BCUT2D eigenvalue weighted by Crippen LogP contribution is 2.15. The molecule has 5 nitrogen and oxygen atoms in total.